The van der Waals surface area contributed by atoms with Crippen molar-refractivity contribution in [2.75, 3.05) is 14.7 Å². The van der Waals surface area contributed by atoms with E-state index in [0.717, 1.165) is 64.0 Å². The average molecular weight is 1430 g/mol. The predicted octanol–water partition coefficient (Wildman–Crippen LogP) is 22.1. The molecule has 3 aliphatic carbocycles. The van der Waals surface area contributed by atoms with Crippen molar-refractivity contribution in [2.45, 2.75) is 63.6 Å². The van der Waals surface area contributed by atoms with Gasteiger partial charge < -0.3 is 23.8 Å². The standard InChI is InChI=1S/C45H36N6.C44H36N2.BHIP/c1-4-16-34(17-5-1)49-40-25-13-10-22-37(40)46-43(49)31-28-32(44-47-38-23-11-14-26-41(38)50(44)35-18-6-2-7-19-35)30-33(29-31)45-48-39-24-12-15-27-42(39)51(45)36-20-8-3-9-21-36;1-3-45-41-11-7-5-9-37(41)39-29-33(21-27-43(39)45)15-13-31-17-23-35(24-18-31)36-25-19-32(20-26-36)14-16-34-22-28-44-40(30-34)38-10-6-8-12-42(38)46(44)4-2;1-3-2/h1-30,40-45H;5-30H,3-4H2,1-2H3;3H/b;15-13+,16-14+;/i;;3T. The fraction of sp³-hybridized carbons (Fsp3) is 0.112. The Morgan fingerprint density at radius 1 is 0.370 bits per heavy atom. The van der Waals surface area contributed by atoms with Crippen molar-refractivity contribution >= 4 is 138 Å². The van der Waals surface area contributed by atoms with Crippen molar-refractivity contribution in [3.63, 3.8) is 0 Å². The van der Waals surface area contributed by atoms with Crippen LogP contribution in [0.4, 0.5) is 17.1 Å². The molecule has 0 fully saturated rings. The van der Waals surface area contributed by atoms with Crippen LogP contribution in [-0.2, 0) is 13.1 Å². The van der Waals surface area contributed by atoms with Gasteiger partial charge in [-0.25, -0.2) is 0 Å². The molecule has 0 N–H and O–H groups in total. The largest absolute Gasteiger partial charge is 0.341 e. The SMILES string of the molecule is C1=CC2=NC(c3cc(C4N=C5C=CC=CC5N4c4ccccc4)cc(C4N=C5C=CC=CC5N4c4ccccc4)c3)N(c3ccccc3)C2C=C1.CCn1c2ccccc2c2cc(/C=C/c3ccc(-c4ccc(/C=C/c5ccc6c(c5)c5ccccc5n6CC)cc4)cc3)ccc21.[3H]P([B])I. The van der Waals surface area contributed by atoms with Gasteiger partial charge in [-0.1, -0.05) is 253 Å². The second kappa shape index (κ2) is 28.7. The summed E-state index contributed by atoms with van der Waals surface area (Å²) in [4.78, 5) is 23.6. The fourth-order valence-corrected chi connectivity index (χ4v) is 15.2. The van der Waals surface area contributed by atoms with Gasteiger partial charge in [0.25, 0.3) is 0 Å². The van der Waals surface area contributed by atoms with Crippen LogP contribution in [0, 0.1) is 0 Å². The maximum atomic E-state index is 6.41. The van der Waals surface area contributed by atoms with Gasteiger partial charge in [0.1, 0.15) is 26.1 Å². The van der Waals surface area contributed by atoms with E-state index in [1.807, 2.05) is 22.0 Å². The molecule has 0 saturated carbocycles. The molecule has 0 amide bonds. The number of aromatic nitrogens is 2. The molecule has 18 rings (SSSR count). The number of halogens is 1. The predicted molar refractivity (Wildman–Crippen MR) is 438 cm³/mol. The van der Waals surface area contributed by atoms with E-state index in [4.69, 9.17) is 23.8 Å². The molecule has 100 heavy (non-hydrogen) atoms. The minimum absolute atomic E-state index is 0.0471. The fourth-order valence-electron chi connectivity index (χ4n) is 15.2. The van der Waals surface area contributed by atoms with Gasteiger partial charge in [-0.15, -0.1) is 6.05 Å². The van der Waals surface area contributed by atoms with Gasteiger partial charge in [0.15, 0.2) is 0 Å². The summed E-state index contributed by atoms with van der Waals surface area (Å²) in [5, 5.41) is 5.26. The lowest BCUT2D eigenvalue weighted by Crippen LogP contribution is -2.37. The molecule has 11 heteroatoms. The quantitative estimate of drug-likeness (QED) is 0.0500. The number of para-hydroxylation sites is 5. The highest BCUT2D eigenvalue weighted by molar-refractivity contribution is 14.2. The highest BCUT2D eigenvalue weighted by Crippen LogP contribution is 2.46. The van der Waals surface area contributed by atoms with Gasteiger partial charge in [-0.2, -0.15) is 0 Å². The van der Waals surface area contributed by atoms with Crippen molar-refractivity contribution in [3.05, 3.63) is 355 Å². The molecule has 0 bridgehead atoms. The van der Waals surface area contributed by atoms with E-state index in [1.165, 1.54) is 77.0 Å². The second-order valence-electron chi connectivity index (χ2n) is 25.6. The van der Waals surface area contributed by atoms with Gasteiger partial charge in [-0.05, 0) is 173 Å². The smallest absolute Gasteiger partial charge is 0.148 e. The Balaban J connectivity index is 0.000000150. The van der Waals surface area contributed by atoms with Crippen LogP contribution in [0.3, 0.4) is 0 Å². The summed E-state index contributed by atoms with van der Waals surface area (Å²) in [6, 6.07) is 86.9. The summed E-state index contributed by atoms with van der Waals surface area (Å²) in [6.45, 7) is 6.36. The van der Waals surface area contributed by atoms with Gasteiger partial charge in [0.05, 0.1) is 36.5 Å². The lowest BCUT2D eigenvalue weighted by molar-refractivity contribution is 0.659. The molecule has 5 heterocycles. The van der Waals surface area contributed by atoms with Crippen molar-refractivity contribution in [1.82, 2.24) is 9.13 Å². The molecule has 0 spiro atoms. The average Bonchev–Trinajstić information content (AvgIpc) is 1.63. The zero-order chi connectivity index (χ0) is 68.3. The molecule has 2 radical (unpaired) electrons. The number of hydrogen-bond acceptors (Lipinski definition) is 6. The Bertz CT molecular complexity index is 4990. The molecular weight excluding hydrogens is 1350 g/mol. The van der Waals surface area contributed by atoms with Gasteiger partial charge >= 0.3 is 0 Å². The first-order valence-electron chi connectivity index (χ1n) is 34.9. The Morgan fingerprint density at radius 2 is 0.670 bits per heavy atom. The van der Waals surface area contributed by atoms with Crippen LogP contribution in [0.25, 0.3) is 79.0 Å². The number of hydrogen-bond donors (Lipinski definition) is 0. The van der Waals surface area contributed by atoms with Crippen molar-refractivity contribution in [2.24, 2.45) is 15.0 Å². The number of allylic oxidation sites excluding steroid dienone is 6. The molecule has 12 aromatic rings. The number of aliphatic imine (C=N–C) groups is 3. The van der Waals surface area contributed by atoms with Gasteiger partial charge in [-0.3, -0.25) is 15.0 Å². The van der Waals surface area contributed by atoms with Crippen LogP contribution in [0.2, 0.25) is 0 Å². The Kier molecular flexibility index (Phi) is 18.0. The third-order valence-electron chi connectivity index (χ3n) is 19.8. The monoisotopic (exact) mass is 1420 g/mol. The zero-order valence-electron chi connectivity index (χ0n) is 56.7. The van der Waals surface area contributed by atoms with Crippen molar-refractivity contribution in [3.8, 4) is 11.1 Å². The first-order valence-corrected chi connectivity index (χ1v) is 38.2. The van der Waals surface area contributed by atoms with Crippen LogP contribution >= 0.6 is 28.1 Å². The Hall–Kier alpha value is -10.6. The normalized spacial score (nSPS) is 19.8. The summed E-state index contributed by atoms with van der Waals surface area (Å²) in [7, 11) is 4.83. The molecule has 10 aromatic carbocycles. The molecule has 3 aliphatic heterocycles. The van der Waals surface area contributed by atoms with Gasteiger partial charge in [0.2, 0.25) is 0 Å². The highest BCUT2D eigenvalue weighted by Gasteiger charge is 2.41. The lowest BCUT2D eigenvalue weighted by Gasteiger charge is -2.35. The zero-order valence-corrected chi connectivity index (χ0v) is 58.7. The van der Waals surface area contributed by atoms with Crippen LogP contribution in [0.5, 0.6) is 0 Å². The first kappa shape index (κ1) is 62.8. The van der Waals surface area contributed by atoms with E-state index in [9.17, 15) is 0 Å². The summed E-state index contributed by atoms with van der Waals surface area (Å²) in [5.41, 5.74) is 22.4. The molecule has 7 unspecified atom stereocenters. The minimum atomic E-state index is -0.900. The Morgan fingerprint density at radius 3 is 1.01 bits per heavy atom. The lowest BCUT2D eigenvalue weighted by atomic mass is 9.97. The maximum Gasteiger partial charge on any atom is 0.148 e. The van der Waals surface area contributed by atoms with Crippen LogP contribution in [-0.4, -0.2) is 53.2 Å². The van der Waals surface area contributed by atoms with Crippen LogP contribution in [0.15, 0.2) is 331 Å². The van der Waals surface area contributed by atoms with Crippen molar-refractivity contribution in [1.29, 1.82) is 1.28 Å². The Labute approximate surface area is 602 Å². The number of rotatable bonds is 13. The van der Waals surface area contributed by atoms with E-state index in [-0.39, 0.29) is 36.6 Å². The number of anilines is 3. The van der Waals surface area contributed by atoms with Crippen molar-refractivity contribution < 1.29 is 0 Å². The molecule has 6 aliphatic rings. The number of benzene rings is 10. The van der Waals surface area contributed by atoms with E-state index in [2.05, 4.69) is 378 Å². The topological polar surface area (TPSA) is 56.7 Å². The second-order valence-corrected chi connectivity index (χ2v) is 27.5. The third kappa shape index (κ3) is 12.5. The molecule has 7 atom stereocenters. The third-order valence-corrected chi connectivity index (χ3v) is 19.8. The van der Waals surface area contributed by atoms with E-state index >= 15 is 0 Å². The number of nitrogens with zero attached hydrogens (tertiary/aromatic N) is 8. The number of fused-ring (bicyclic) bond motifs is 9. The summed E-state index contributed by atoms with van der Waals surface area (Å²) in [5.74, 6) is 0. The molecule has 2 aromatic heterocycles. The first-order chi connectivity index (χ1) is 49.7. The highest BCUT2D eigenvalue weighted by atomic mass is 127. The molecule has 0 saturated heterocycles. The molecule has 484 valence electrons. The maximum absolute atomic E-state index is 6.41. The van der Waals surface area contributed by atoms with Crippen LogP contribution < -0.4 is 14.7 Å². The molecular formula is C89H73BIN8P. The number of aryl methyl sites for hydroxylation is 2. The molecule has 8 nitrogen and oxygen atoms in total. The van der Waals surface area contributed by atoms with E-state index in [1.54, 1.807) is 0 Å². The van der Waals surface area contributed by atoms with Gasteiger partial charge in [0, 0.05) is 73.8 Å². The summed E-state index contributed by atoms with van der Waals surface area (Å²) >= 11 is 1.85. The summed E-state index contributed by atoms with van der Waals surface area (Å²) in [6.07, 6.45) is 34.0. The minimum Gasteiger partial charge on any atom is -0.341 e. The van der Waals surface area contributed by atoms with E-state index < -0.39 is 6.05 Å². The van der Waals surface area contributed by atoms with Crippen LogP contribution in [0.1, 0.15) is 71.3 Å². The summed E-state index contributed by atoms with van der Waals surface area (Å²) < 4.78 is 11.2. The van der Waals surface area contributed by atoms with E-state index in [0.29, 0.717) is 0 Å².